The Morgan fingerprint density at radius 2 is 2.33 bits per heavy atom. The maximum atomic E-state index is 8.96. The van der Waals surface area contributed by atoms with Crippen LogP contribution in [-0.4, -0.2) is 23.5 Å². The topological polar surface area (TPSA) is 32.3 Å². The quantitative estimate of drug-likeness (QED) is 0.689. The smallest absolute Gasteiger partial charge is 0.0570 e. The molecule has 1 aliphatic heterocycles. The molecule has 64 valence electrons. The molecule has 0 saturated heterocycles. The van der Waals surface area contributed by atoms with Gasteiger partial charge < -0.3 is 10.4 Å². The monoisotopic (exact) mass is 181 g/mol. The lowest BCUT2D eigenvalue weighted by molar-refractivity contribution is 0.297. The highest BCUT2D eigenvalue weighted by Crippen LogP contribution is 2.34. The molecule has 0 spiro atoms. The van der Waals surface area contributed by atoms with Crippen LogP contribution in [0.2, 0.25) is 0 Å². The first-order valence-corrected chi connectivity index (χ1v) is 4.88. The second-order valence-corrected chi connectivity index (χ2v) is 4.14. The van der Waals surface area contributed by atoms with Crippen LogP contribution in [0.5, 0.6) is 0 Å². The van der Waals surface area contributed by atoms with E-state index in [9.17, 15) is 0 Å². The van der Waals surface area contributed by atoms with Crippen LogP contribution >= 0.6 is 11.8 Å². The van der Waals surface area contributed by atoms with E-state index in [1.54, 1.807) is 11.8 Å². The van der Waals surface area contributed by atoms with E-state index in [1.807, 2.05) is 12.1 Å². The van der Waals surface area contributed by atoms with Crippen molar-refractivity contribution in [2.75, 3.05) is 18.5 Å². The van der Waals surface area contributed by atoms with Crippen molar-refractivity contribution in [1.29, 1.82) is 0 Å². The number of para-hydroxylation sites is 1. The molecule has 0 aliphatic carbocycles. The lowest BCUT2D eigenvalue weighted by Gasteiger charge is -2.23. The number of thioether (sulfide) groups is 1. The summed E-state index contributed by atoms with van der Waals surface area (Å²) in [5.41, 5.74) is 1.19. The van der Waals surface area contributed by atoms with Gasteiger partial charge in [-0.15, -0.1) is 11.8 Å². The fourth-order valence-electron chi connectivity index (χ4n) is 1.26. The van der Waals surface area contributed by atoms with Gasteiger partial charge >= 0.3 is 0 Å². The van der Waals surface area contributed by atoms with Gasteiger partial charge in [0, 0.05) is 22.4 Å². The molecule has 0 aromatic heterocycles. The highest BCUT2D eigenvalue weighted by Gasteiger charge is 2.16. The predicted molar refractivity (Wildman–Crippen MR) is 51.7 cm³/mol. The molecule has 2 N–H and O–H groups in total. The number of benzene rings is 1. The normalized spacial score (nSPS) is 21.2. The molecule has 0 bridgehead atoms. The number of rotatable bonds is 1. The van der Waals surface area contributed by atoms with Gasteiger partial charge in [-0.2, -0.15) is 0 Å². The van der Waals surface area contributed by atoms with Gasteiger partial charge in [-0.1, -0.05) is 12.1 Å². The summed E-state index contributed by atoms with van der Waals surface area (Å²) in [4.78, 5) is 1.24. The number of aliphatic hydroxyl groups excluding tert-OH is 1. The minimum absolute atomic E-state index is 0.242. The van der Waals surface area contributed by atoms with E-state index in [1.165, 1.54) is 10.6 Å². The maximum absolute atomic E-state index is 8.96. The second-order valence-electron chi connectivity index (χ2n) is 2.80. The van der Waals surface area contributed by atoms with Crippen LogP contribution in [0.25, 0.3) is 0 Å². The summed E-state index contributed by atoms with van der Waals surface area (Å²) in [5.74, 6) is 0. The summed E-state index contributed by atoms with van der Waals surface area (Å²) in [6.45, 7) is 1.10. The molecule has 1 aliphatic rings. The van der Waals surface area contributed by atoms with Crippen molar-refractivity contribution in [3.8, 4) is 0 Å². The van der Waals surface area contributed by atoms with Crippen LogP contribution in [0.3, 0.4) is 0 Å². The summed E-state index contributed by atoms with van der Waals surface area (Å²) >= 11 is 1.74. The number of aliphatic hydroxyl groups is 1. The largest absolute Gasteiger partial charge is 0.395 e. The van der Waals surface area contributed by atoms with Crippen molar-refractivity contribution < 1.29 is 5.11 Å². The minimum Gasteiger partial charge on any atom is -0.395 e. The molecule has 0 fully saturated rings. The molecule has 0 saturated carbocycles. The van der Waals surface area contributed by atoms with Crippen LogP contribution in [0.15, 0.2) is 29.2 Å². The van der Waals surface area contributed by atoms with Crippen molar-refractivity contribution in [2.24, 2.45) is 0 Å². The van der Waals surface area contributed by atoms with E-state index in [0.717, 1.165) is 6.54 Å². The Balaban J connectivity index is 2.23. The zero-order chi connectivity index (χ0) is 8.39. The van der Waals surface area contributed by atoms with Crippen molar-refractivity contribution >= 4 is 17.4 Å². The van der Waals surface area contributed by atoms with Gasteiger partial charge in [0.05, 0.1) is 6.61 Å². The third-order valence-electron chi connectivity index (χ3n) is 1.90. The molecule has 0 radical (unpaired) electrons. The van der Waals surface area contributed by atoms with Crippen LogP contribution in [0, 0.1) is 0 Å². The number of nitrogens with one attached hydrogen (secondary N) is 1. The van der Waals surface area contributed by atoms with Crippen LogP contribution in [0.1, 0.15) is 0 Å². The highest BCUT2D eigenvalue weighted by molar-refractivity contribution is 8.00. The van der Waals surface area contributed by atoms with Crippen molar-refractivity contribution in [3.05, 3.63) is 24.3 Å². The summed E-state index contributed by atoms with van der Waals surface area (Å²) in [7, 11) is 0. The molecule has 0 amide bonds. The molecule has 3 heteroatoms. The molecular weight excluding hydrogens is 170 g/mol. The molecule has 2 nitrogen and oxygen atoms in total. The fraction of sp³-hybridized carbons (Fsp3) is 0.333. The Kier molecular flexibility index (Phi) is 2.23. The maximum Gasteiger partial charge on any atom is 0.0570 e. The SMILES string of the molecule is OC[C@H]1CNc2ccccc2S1. The third kappa shape index (κ3) is 1.42. The standard InChI is InChI=1S/C9H11NOS/c11-6-7-5-10-8-3-1-2-4-9(8)12-7/h1-4,7,10-11H,5-6H2/t7-/m1/s1. The van der Waals surface area contributed by atoms with Gasteiger partial charge in [0.25, 0.3) is 0 Å². The van der Waals surface area contributed by atoms with Gasteiger partial charge in [-0.3, -0.25) is 0 Å². The minimum atomic E-state index is 0.242. The van der Waals surface area contributed by atoms with Gasteiger partial charge in [0.15, 0.2) is 0 Å². The second kappa shape index (κ2) is 3.37. The molecule has 0 unspecified atom stereocenters. The molecule has 2 rings (SSSR count). The highest BCUT2D eigenvalue weighted by atomic mass is 32.2. The average molecular weight is 181 g/mol. The lowest BCUT2D eigenvalue weighted by Crippen LogP contribution is -2.24. The van der Waals surface area contributed by atoms with E-state index in [2.05, 4.69) is 17.4 Å². The zero-order valence-electron chi connectivity index (χ0n) is 6.66. The molecule has 12 heavy (non-hydrogen) atoms. The Bertz CT molecular complexity index is 277. The summed E-state index contributed by atoms with van der Waals surface area (Å²) in [6, 6.07) is 8.18. The fourth-order valence-corrected chi connectivity index (χ4v) is 2.29. The van der Waals surface area contributed by atoms with E-state index in [0.29, 0.717) is 5.25 Å². The molecule has 1 aromatic carbocycles. The number of hydrogen-bond donors (Lipinski definition) is 2. The van der Waals surface area contributed by atoms with Gasteiger partial charge in [-0.05, 0) is 12.1 Å². The molecule has 1 aromatic rings. The van der Waals surface area contributed by atoms with Gasteiger partial charge in [0.2, 0.25) is 0 Å². The Labute approximate surface area is 76.0 Å². The molecule has 1 atom stereocenters. The van der Waals surface area contributed by atoms with Crippen LogP contribution in [-0.2, 0) is 0 Å². The number of fused-ring (bicyclic) bond motifs is 1. The Morgan fingerprint density at radius 3 is 3.17 bits per heavy atom. The van der Waals surface area contributed by atoms with E-state index >= 15 is 0 Å². The first-order valence-electron chi connectivity index (χ1n) is 4.00. The van der Waals surface area contributed by atoms with Gasteiger partial charge in [-0.25, -0.2) is 0 Å². The Hall–Kier alpha value is -0.670. The average Bonchev–Trinajstić information content (AvgIpc) is 2.17. The summed E-state index contributed by atoms with van der Waals surface area (Å²) in [5, 5.41) is 12.5. The first kappa shape index (κ1) is 7.95. The van der Waals surface area contributed by atoms with Crippen LogP contribution in [0.4, 0.5) is 5.69 Å². The van der Waals surface area contributed by atoms with E-state index in [4.69, 9.17) is 5.11 Å². The zero-order valence-corrected chi connectivity index (χ0v) is 7.47. The van der Waals surface area contributed by atoms with E-state index < -0.39 is 0 Å². The number of anilines is 1. The number of hydrogen-bond acceptors (Lipinski definition) is 3. The van der Waals surface area contributed by atoms with Gasteiger partial charge in [0.1, 0.15) is 0 Å². The molecular formula is C9H11NOS. The van der Waals surface area contributed by atoms with Crippen molar-refractivity contribution in [2.45, 2.75) is 10.1 Å². The van der Waals surface area contributed by atoms with Crippen LogP contribution < -0.4 is 5.32 Å². The third-order valence-corrected chi connectivity index (χ3v) is 3.16. The van der Waals surface area contributed by atoms with E-state index in [-0.39, 0.29) is 6.61 Å². The molecule has 1 heterocycles. The van der Waals surface area contributed by atoms with Crippen molar-refractivity contribution in [3.63, 3.8) is 0 Å². The summed E-state index contributed by atoms with van der Waals surface area (Å²) in [6.07, 6.45) is 0. The lowest BCUT2D eigenvalue weighted by atomic mass is 10.3. The first-order chi connectivity index (χ1) is 5.90. The Morgan fingerprint density at radius 1 is 1.50 bits per heavy atom. The summed E-state index contributed by atoms with van der Waals surface area (Å²) < 4.78 is 0. The van der Waals surface area contributed by atoms with Crippen molar-refractivity contribution in [1.82, 2.24) is 0 Å². The predicted octanol–water partition coefficient (Wildman–Crippen LogP) is 1.57.